The molecule has 0 saturated heterocycles. The molecule has 7 nitrogen and oxygen atoms in total. The van der Waals surface area contributed by atoms with Gasteiger partial charge in [-0.2, -0.15) is 9.36 Å². The third kappa shape index (κ3) is 4.06. The molecule has 3 rings (SSSR count). The van der Waals surface area contributed by atoms with E-state index in [9.17, 15) is 9.59 Å². The molecule has 0 aliphatic heterocycles. The summed E-state index contributed by atoms with van der Waals surface area (Å²) >= 11 is 2.94. The number of nitrogens with zero attached hydrogens (tertiary/aromatic N) is 4. The molecule has 0 atom stereocenters. The summed E-state index contributed by atoms with van der Waals surface area (Å²) in [5.74, 6) is 0.397. The summed E-state index contributed by atoms with van der Waals surface area (Å²) in [4.78, 5) is 25.5. The van der Waals surface area contributed by atoms with Crippen LogP contribution < -0.4 is 11.0 Å². The molecule has 3 aromatic rings. The molecule has 0 fully saturated rings. The lowest BCUT2D eigenvalue weighted by atomic mass is 10.3. The van der Waals surface area contributed by atoms with Crippen LogP contribution in [-0.2, 0) is 11.3 Å². The molecule has 0 unspecified atom stereocenters. The maximum absolute atomic E-state index is 12.3. The van der Waals surface area contributed by atoms with Crippen LogP contribution in [0.4, 0.5) is 5.69 Å². The zero-order valence-electron chi connectivity index (χ0n) is 13.2. The highest BCUT2D eigenvalue weighted by molar-refractivity contribution is 7.99. The van der Waals surface area contributed by atoms with Gasteiger partial charge in [0.15, 0.2) is 0 Å². The predicted molar refractivity (Wildman–Crippen MR) is 99.5 cm³/mol. The van der Waals surface area contributed by atoms with Gasteiger partial charge < -0.3 is 5.32 Å². The van der Waals surface area contributed by atoms with E-state index >= 15 is 0 Å². The molecule has 128 valence electrons. The van der Waals surface area contributed by atoms with E-state index in [2.05, 4.69) is 22.3 Å². The van der Waals surface area contributed by atoms with Crippen molar-refractivity contribution in [2.75, 3.05) is 11.1 Å². The molecule has 1 amide bonds. The summed E-state index contributed by atoms with van der Waals surface area (Å²) in [5, 5.41) is 12.9. The molecule has 0 aliphatic carbocycles. The first-order valence-electron chi connectivity index (χ1n) is 7.38. The number of thioether (sulfide) groups is 1. The third-order valence-corrected chi connectivity index (χ3v) is 5.08. The van der Waals surface area contributed by atoms with E-state index in [0.717, 1.165) is 15.3 Å². The van der Waals surface area contributed by atoms with Crippen LogP contribution in [0.3, 0.4) is 0 Å². The van der Waals surface area contributed by atoms with Gasteiger partial charge in [0, 0.05) is 10.6 Å². The maximum atomic E-state index is 12.3. The molecular formula is C16H15N5O2S2. The standard InChI is InChI=1S/C16H15N5O2S2/c1-2-9-24-13-7-4-3-6-12(13)17-14(22)11-20-16(23)21(19-18-20)15-8-5-10-25-15/h2-8,10H,1,9,11H2,(H,17,22). The third-order valence-electron chi connectivity index (χ3n) is 3.17. The Morgan fingerprint density at radius 3 is 2.88 bits per heavy atom. The van der Waals surface area contributed by atoms with E-state index in [1.165, 1.54) is 16.0 Å². The van der Waals surface area contributed by atoms with E-state index in [1.54, 1.807) is 23.9 Å². The number of hydrogen-bond acceptors (Lipinski definition) is 6. The Kier molecular flexibility index (Phi) is 5.46. The summed E-state index contributed by atoms with van der Waals surface area (Å²) in [6, 6.07) is 11.1. The highest BCUT2D eigenvalue weighted by Crippen LogP contribution is 2.26. The van der Waals surface area contributed by atoms with Crippen LogP contribution in [0.25, 0.3) is 5.00 Å². The molecule has 0 saturated carbocycles. The normalized spacial score (nSPS) is 10.6. The Morgan fingerprint density at radius 2 is 2.12 bits per heavy atom. The Hall–Kier alpha value is -2.65. The fourth-order valence-electron chi connectivity index (χ4n) is 2.07. The number of amides is 1. The molecular weight excluding hydrogens is 358 g/mol. The second-order valence-corrected chi connectivity index (χ2v) is 6.91. The molecule has 2 heterocycles. The molecule has 25 heavy (non-hydrogen) atoms. The van der Waals surface area contributed by atoms with Crippen LogP contribution in [0.15, 0.2) is 64.1 Å². The zero-order chi connectivity index (χ0) is 17.6. The number of carbonyl (C=O) groups is 1. The molecule has 0 spiro atoms. The van der Waals surface area contributed by atoms with Gasteiger partial charge in [0.1, 0.15) is 11.5 Å². The number of nitrogens with one attached hydrogen (secondary N) is 1. The lowest BCUT2D eigenvalue weighted by molar-refractivity contribution is -0.117. The number of para-hydroxylation sites is 1. The Labute approximate surface area is 152 Å². The average Bonchev–Trinajstić information content (AvgIpc) is 3.25. The van der Waals surface area contributed by atoms with E-state index in [4.69, 9.17) is 0 Å². The first-order valence-corrected chi connectivity index (χ1v) is 9.25. The lowest BCUT2D eigenvalue weighted by Gasteiger charge is -2.09. The van der Waals surface area contributed by atoms with Gasteiger partial charge in [0.25, 0.3) is 0 Å². The van der Waals surface area contributed by atoms with Crippen LogP contribution in [0, 0.1) is 0 Å². The van der Waals surface area contributed by atoms with Gasteiger partial charge in [0.05, 0.1) is 5.69 Å². The lowest BCUT2D eigenvalue weighted by Crippen LogP contribution is -2.29. The number of anilines is 1. The predicted octanol–water partition coefficient (Wildman–Crippen LogP) is 2.41. The zero-order valence-corrected chi connectivity index (χ0v) is 14.8. The van der Waals surface area contributed by atoms with Gasteiger partial charge >= 0.3 is 5.69 Å². The fourth-order valence-corrected chi connectivity index (χ4v) is 3.49. The van der Waals surface area contributed by atoms with Crippen LogP contribution in [0.1, 0.15) is 0 Å². The Balaban J connectivity index is 1.72. The number of rotatable bonds is 7. The minimum atomic E-state index is -0.452. The first-order chi connectivity index (χ1) is 12.2. The highest BCUT2D eigenvalue weighted by atomic mass is 32.2. The molecule has 2 aromatic heterocycles. The smallest absolute Gasteiger partial charge is 0.323 e. The number of hydrogen-bond donors (Lipinski definition) is 1. The second-order valence-electron chi connectivity index (χ2n) is 4.93. The summed E-state index contributed by atoms with van der Waals surface area (Å²) in [7, 11) is 0. The molecule has 0 bridgehead atoms. The highest BCUT2D eigenvalue weighted by Gasteiger charge is 2.13. The van der Waals surface area contributed by atoms with Gasteiger partial charge in [-0.25, -0.2) is 4.79 Å². The van der Waals surface area contributed by atoms with E-state index in [-0.39, 0.29) is 12.5 Å². The van der Waals surface area contributed by atoms with Gasteiger partial charge in [-0.15, -0.1) is 29.7 Å². The number of thiophene rings is 1. The summed E-state index contributed by atoms with van der Waals surface area (Å²) in [5.41, 5.74) is 0.241. The van der Waals surface area contributed by atoms with Crippen molar-refractivity contribution >= 4 is 34.7 Å². The van der Waals surface area contributed by atoms with Crippen LogP contribution in [0.5, 0.6) is 0 Å². The quantitative estimate of drug-likeness (QED) is 0.508. The van der Waals surface area contributed by atoms with Crippen molar-refractivity contribution in [3.05, 3.63) is 64.9 Å². The van der Waals surface area contributed by atoms with Crippen molar-refractivity contribution in [3.63, 3.8) is 0 Å². The van der Waals surface area contributed by atoms with Crippen LogP contribution in [0.2, 0.25) is 0 Å². The van der Waals surface area contributed by atoms with E-state index in [1.807, 2.05) is 35.7 Å². The Bertz CT molecular complexity index is 930. The SMILES string of the molecule is C=CCSc1ccccc1NC(=O)Cn1nnn(-c2cccs2)c1=O. The maximum Gasteiger partial charge on any atom is 0.369 e. The largest absolute Gasteiger partial charge is 0.369 e. The fraction of sp³-hybridized carbons (Fsp3) is 0.125. The minimum absolute atomic E-state index is 0.204. The average molecular weight is 373 g/mol. The summed E-state index contributed by atoms with van der Waals surface area (Å²) < 4.78 is 2.21. The number of aromatic nitrogens is 4. The Morgan fingerprint density at radius 1 is 1.28 bits per heavy atom. The van der Waals surface area contributed by atoms with Gasteiger partial charge in [0.2, 0.25) is 5.91 Å². The number of tetrazole rings is 1. The second kappa shape index (κ2) is 7.95. The van der Waals surface area contributed by atoms with Crippen molar-refractivity contribution < 1.29 is 4.79 Å². The molecule has 0 aliphatic rings. The van der Waals surface area contributed by atoms with E-state index in [0.29, 0.717) is 10.7 Å². The van der Waals surface area contributed by atoms with Crippen molar-refractivity contribution in [1.29, 1.82) is 0 Å². The van der Waals surface area contributed by atoms with Crippen molar-refractivity contribution in [2.45, 2.75) is 11.4 Å². The molecule has 9 heteroatoms. The number of carbonyl (C=O) groups excluding carboxylic acids is 1. The van der Waals surface area contributed by atoms with Gasteiger partial charge in [-0.05, 0) is 40.1 Å². The number of benzene rings is 1. The van der Waals surface area contributed by atoms with Gasteiger partial charge in [-0.3, -0.25) is 4.79 Å². The van der Waals surface area contributed by atoms with Crippen molar-refractivity contribution in [1.82, 2.24) is 19.8 Å². The molecule has 1 aromatic carbocycles. The molecule has 0 radical (unpaired) electrons. The van der Waals surface area contributed by atoms with Crippen molar-refractivity contribution in [3.8, 4) is 5.00 Å². The first kappa shape index (κ1) is 17.2. The summed E-state index contributed by atoms with van der Waals surface area (Å²) in [6.45, 7) is 3.49. The van der Waals surface area contributed by atoms with E-state index < -0.39 is 5.69 Å². The van der Waals surface area contributed by atoms with Crippen molar-refractivity contribution in [2.24, 2.45) is 0 Å². The monoisotopic (exact) mass is 373 g/mol. The topological polar surface area (TPSA) is 81.8 Å². The minimum Gasteiger partial charge on any atom is -0.323 e. The summed E-state index contributed by atoms with van der Waals surface area (Å²) in [6.07, 6.45) is 1.80. The van der Waals surface area contributed by atoms with Crippen LogP contribution >= 0.6 is 23.1 Å². The molecule has 1 N–H and O–H groups in total. The van der Waals surface area contributed by atoms with Gasteiger partial charge in [-0.1, -0.05) is 18.2 Å². The van der Waals surface area contributed by atoms with Crippen LogP contribution in [-0.4, -0.2) is 31.5 Å².